The molecule has 31 heavy (non-hydrogen) atoms. The largest absolute Gasteiger partial charge is 0.339 e. The smallest absolute Gasteiger partial charge is 0.221 e. The van der Waals surface area contributed by atoms with E-state index in [9.17, 15) is 4.79 Å². The van der Waals surface area contributed by atoms with E-state index in [1.807, 2.05) is 24.3 Å². The van der Waals surface area contributed by atoms with Crippen molar-refractivity contribution in [3.8, 4) is 0 Å². The molecule has 4 rings (SSSR count). The van der Waals surface area contributed by atoms with Crippen LogP contribution in [-0.4, -0.2) is 15.9 Å². The van der Waals surface area contributed by atoms with Gasteiger partial charge in [0, 0.05) is 27.3 Å². The summed E-state index contributed by atoms with van der Waals surface area (Å²) in [5, 5.41) is 7.41. The van der Waals surface area contributed by atoms with Gasteiger partial charge in [-0.15, -0.1) is 11.3 Å². The van der Waals surface area contributed by atoms with E-state index in [-0.39, 0.29) is 5.91 Å². The molecule has 1 amide bonds. The standard InChI is InChI=1S/C24H24N4OS2/c1-4-5-19-13-20-23(25-14-26-24(20)31-19)28-21-12-15(2)6-11-22(21)30-18-9-7-17(8-10-18)27-16(3)29/h6-14H,4-5H2,1-3H3,(H,27,29)(H,25,26,28). The van der Waals surface area contributed by atoms with Crippen LogP contribution in [0.25, 0.3) is 10.2 Å². The first-order valence-corrected chi connectivity index (χ1v) is 11.8. The zero-order chi connectivity index (χ0) is 21.8. The van der Waals surface area contributed by atoms with Crippen LogP contribution in [0.1, 0.15) is 30.7 Å². The minimum atomic E-state index is -0.0721. The average Bonchev–Trinajstić information content (AvgIpc) is 3.15. The molecule has 0 aliphatic rings. The van der Waals surface area contributed by atoms with Gasteiger partial charge < -0.3 is 10.6 Å². The molecule has 0 spiro atoms. The summed E-state index contributed by atoms with van der Waals surface area (Å²) in [6.45, 7) is 5.78. The highest BCUT2D eigenvalue weighted by atomic mass is 32.2. The lowest BCUT2D eigenvalue weighted by atomic mass is 10.2. The van der Waals surface area contributed by atoms with Crippen molar-refractivity contribution in [2.75, 3.05) is 10.6 Å². The zero-order valence-electron chi connectivity index (χ0n) is 17.7. The number of carbonyl (C=O) groups is 1. The van der Waals surface area contributed by atoms with Crippen LogP contribution in [0.15, 0.2) is 64.6 Å². The molecule has 4 aromatic rings. The van der Waals surface area contributed by atoms with Crippen molar-refractivity contribution in [1.29, 1.82) is 0 Å². The molecule has 2 aromatic carbocycles. The van der Waals surface area contributed by atoms with Gasteiger partial charge in [-0.1, -0.05) is 31.2 Å². The van der Waals surface area contributed by atoms with Gasteiger partial charge in [-0.25, -0.2) is 9.97 Å². The number of hydrogen-bond donors (Lipinski definition) is 2. The monoisotopic (exact) mass is 448 g/mol. The lowest BCUT2D eigenvalue weighted by Crippen LogP contribution is -2.05. The number of amides is 1. The molecule has 2 heterocycles. The second-order valence-electron chi connectivity index (χ2n) is 7.34. The van der Waals surface area contributed by atoms with Gasteiger partial charge in [-0.2, -0.15) is 0 Å². The number of nitrogens with one attached hydrogen (secondary N) is 2. The number of aryl methyl sites for hydroxylation is 2. The molecule has 0 atom stereocenters. The van der Waals surface area contributed by atoms with E-state index in [2.05, 4.69) is 58.7 Å². The number of rotatable bonds is 7. The molecule has 2 aromatic heterocycles. The number of anilines is 3. The van der Waals surface area contributed by atoms with Crippen LogP contribution in [0, 0.1) is 6.92 Å². The molecule has 0 aliphatic heterocycles. The summed E-state index contributed by atoms with van der Waals surface area (Å²) >= 11 is 3.41. The minimum absolute atomic E-state index is 0.0721. The van der Waals surface area contributed by atoms with Crippen LogP contribution in [-0.2, 0) is 11.2 Å². The third-order valence-electron chi connectivity index (χ3n) is 4.67. The minimum Gasteiger partial charge on any atom is -0.339 e. The van der Waals surface area contributed by atoms with Crippen molar-refractivity contribution in [2.24, 2.45) is 0 Å². The fourth-order valence-electron chi connectivity index (χ4n) is 3.27. The summed E-state index contributed by atoms with van der Waals surface area (Å²) in [4.78, 5) is 24.8. The Balaban J connectivity index is 1.62. The molecule has 5 nitrogen and oxygen atoms in total. The highest BCUT2D eigenvalue weighted by Crippen LogP contribution is 2.37. The van der Waals surface area contributed by atoms with Gasteiger partial charge in [0.2, 0.25) is 5.91 Å². The van der Waals surface area contributed by atoms with Crippen LogP contribution in [0.3, 0.4) is 0 Å². The van der Waals surface area contributed by atoms with Crippen molar-refractivity contribution in [3.05, 3.63) is 65.3 Å². The van der Waals surface area contributed by atoms with Crippen molar-refractivity contribution < 1.29 is 4.79 Å². The maximum Gasteiger partial charge on any atom is 0.221 e. The maximum absolute atomic E-state index is 11.2. The van der Waals surface area contributed by atoms with Gasteiger partial charge in [0.25, 0.3) is 0 Å². The molecule has 0 bridgehead atoms. The quantitative estimate of drug-likeness (QED) is 0.325. The number of carbonyl (C=O) groups excluding carboxylic acids is 1. The number of fused-ring (bicyclic) bond motifs is 1. The third kappa shape index (κ3) is 5.24. The number of thiophene rings is 1. The fraction of sp³-hybridized carbons (Fsp3) is 0.208. The van der Waals surface area contributed by atoms with Crippen LogP contribution in [0.2, 0.25) is 0 Å². The molecule has 0 saturated carbocycles. The average molecular weight is 449 g/mol. The highest BCUT2D eigenvalue weighted by molar-refractivity contribution is 7.99. The van der Waals surface area contributed by atoms with Crippen LogP contribution < -0.4 is 10.6 Å². The van der Waals surface area contributed by atoms with Crippen LogP contribution >= 0.6 is 23.1 Å². The highest BCUT2D eigenvalue weighted by Gasteiger charge is 2.12. The molecule has 0 saturated heterocycles. The van der Waals surface area contributed by atoms with Crippen LogP contribution in [0.4, 0.5) is 17.2 Å². The molecule has 0 unspecified atom stereocenters. The van der Waals surface area contributed by atoms with E-state index in [4.69, 9.17) is 0 Å². The Labute approximate surface area is 190 Å². The van der Waals surface area contributed by atoms with Gasteiger partial charge >= 0.3 is 0 Å². The van der Waals surface area contributed by atoms with E-state index in [1.165, 1.54) is 17.4 Å². The SMILES string of the molecule is CCCc1cc2c(Nc3cc(C)ccc3Sc3ccc(NC(C)=O)cc3)ncnc2s1. The Morgan fingerprint density at radius 2 is 1.90 bits per heavy atom. The van der Waals surface area contributed by atoms with E-state index in [0.717, 1.165) is 50.0 Å². The normalized spacial score (nSPS) is 10.9. The topological polar surface area (TPSA) is 66.9 Å². The lowest BCUT2D eigenvalue weighted by Gasteiger charge is -2.13. The lowest BCUT2D eigenvalue weighted by molar-refractivity contribution is -0.114. The molecule has 7 heteroatoms. The van der Waals surface area contributed by atoms with E-state index >= 15 is 0 Å². The predicted molar refractivity (Wildman–Crippen MR) is 131 cm³/mol. The first-order valence-electron chi connectivity index (χ1n) is 10.2. The maximum atomic E-state index is 11.2. The Kier molecular flexibility index (Phi) is 6.53. The zero-order valence-corrected chi connectivity index (χ0v) is 19.4. The fourth-order valence-corrected chi connectivity index (χ4v) is 5.25. The van der Waals surface area contributed by atoms with Crippen molar-refractivity contribution in [1.82, 2.24) is 9.97 Å². The van der Waals surface area contributed by atoms with Gasteiger partial charge in [-0.05, 0) is 61.4 Å². The first kappa shape index (κ1) is 21.3. The van der Waals surface area contributed by atoms with Gasteiger partial charge in [0.15, 0.2) is 0 Å². The van der Waals surface area contributed by atoms with E-state index in [1.54, 1.807) is 29.4 Å². The molecule has 2 N–H and O–H groups in total. The van der Waals surface area contributed by atoms with Gasteiger partial charge in [0.1, 0.15) is 17.0 Å². The number of benzene rings is 2. The third-order valence-corrected chi connectivity index (χ3v) is 6.85. The first-order chi connectivity index (χ1) is 15.0. The summed E-state index contributed by atoms with van der Waals surface area (Å²) in [6, 6.07) is 16.4. The van der Waals surface area contributed by atoms with Crippen molar-refractivity contribution >= 4 is 56.4 Å². The molecule has 0 fully saturated rings. The second-order valence-corrected chi connectivity index (χ2v) is 9.57. The van der Waals surface area contributed by atoms with Crippen molar-refractivity contribution in [2.45, 2.75) is 43.4 Å². The molecular formula is C24H24N4OS2. The molecular weight excluding hydrogens is 424 g/mol. The molecule has 0 radical (unpaired) electrons. The Morgan fingerprint density at radius 1 is 1.10 bits per heavy atom. The number of hydrogen-bond acceptors (Lipinski definition) is 6. The Morgan fingerprint density at radius 3 is 2.65 bits per heavy atom. The second kappa shape index (κ2) is 9.49. The summed E-state index contributed by atoms with van der Waals surface area (Å²) in [5.74, 6) is 0.758. The number of nitrogens with zero attached hydrogens (tertiary/aromatic N) is 2. The summed E-state index contributed by atoms with van der Waals surface area (Å²) in [5.41, 5.74) is 2.98. The van der Waals surface area contributed by atoms with Crippen molar-refractivity contribution in [3.63, 3.8) is 0 Å². The molecule has 0 aliphatic carbocycles. The van der Waals surface area contributed by atoms with Crippen LogP contribution in [0.5, 0.6) is 0 Å². The Hall–Kier alpha value is -2.90. The Bertz CT molecular complexity index is 1220. The summed E-state index contributed by atoms with van der Waals surface area (Å²) in [7, 11) is 0. The summed E-state index contributed by atoms with van der Waals surface area (Å²) in [6.07, 6.45) is 3.79. The van der Waals surface area contributed by atoms with E-state index in [0.29, 0.717) is 0 Å². The van der Waals surface area contributed by atoms with Gasteiger partial charge in [0.05, 0.1) is 11.1 Å². The predicted octanol–water partition coefficient (Wildman–Crippen LogP) is 6.81. The molecule has 158 valence electrons. The van der Waals surface area contributed by atoms with E-state index < -0.39 is 0 Å². The summed E-state index contributed by atoms with van der Waals surface area (Å²) < 4.78 is 0. The van der Waals surface area contributed by atoms with Gasteiger partial charge in [-0.3, -0.25) is 4.79 Å². The number of aromatic nitrogens is 2.